The second kappa shape index (κ2) is 8.52. The van der Waals surface area contributed by atoms with Crippen molar-refractivity contribution in [2.24, 2.45) is 0 Å². The molecular weight excluding hydrogens is 374 g/mol. The molecule has 0 radical (unpaired) electrons. The minimum absolute atomic E-state index is 0.0463. The second-order valence-electron chi connectivity index (χ2n) is 6.75. The molecule has 1 amide bonds. The summed E-state index contributed by atoms with van der Waals surface area (Å²) in [6.45, 7) is 0. The third-order valence-electron chi connectivity index (χ3n) is 4.83. The van der Waals surface area contributed by atoms with E-state index in [1.807, 2.05) is 58.1 Å². The molecule has 1 saturated carbocycles. The van der Waals surface area contributed by atoms with Crippen LogP contribution in [0, 0.1) is 0 Å². The summed E-state index contributed by atoms with van der Waals surface area (Å²) < 4.78 is 9.06. The molecule has 0 spiro atoms. The van der Waals surface area contributed by atoms with Crippen molar-refractivity contribution in [2.45, 2.75) is 36.9 Å². The normalized spacial score (nSPS) is 14.3. The standard InChI is InChI=1S/C20H23N5O2S/c1-27-17-10-8-15(9-11-17)19-22-23-20(25(19)24-12-4-5-13-24)28-14-18(26)21-16-6-2-3-7-16/h4-5,8-13,16H,2-3,6-7,14H2,1H3,(H,21,26). The van der Waals surface area contributed by atoms with Crippen LogP contribution in [0.4, 0.5) is 0 Å². The average molecular weight is 398 g/mol. The lowest BCUT2D eigenvalue weighted by molar-refractivity contribution is -0.119. The van der Waals surface area contributed by atoms with Crippen LogP contribution >= 0.6 is 11.8 Å². The summed E-state index contributed by atoms with van der Waals surface area (Å²) in [5.74, 6) is 1.86. The van der Waals surface area contributed by atoms with Crippen molar-refractivity contribution in [3.63, 3.8) is 0 Å². The van der Waals surface area contributed by atoms with Gasteiger partial charge in [0.25, 0.3) is 0 Å². The van der Waals surface area contributed by atoms with Crippen LogP contribution in [0.2, 0.25) is 0 Å². The molecule has 0 unspecified atom stereocenters. The van der Waals surface area contributed by atoms with Crippen molar-refractivity contribution < 1.29 is 9.53 Å². The predicted molar refractivity (Wildman–Crippen MR) is 108 cm³/mol. The molecule has 4 rings (SSSR count). The zero-order chi connectivity index (χ0) is 19.3. The molecule has 0 aliphatic heterocycles. The zero-order valence-corrected chi connectivity index (χ0v) is 16.6. The van der Waals surface area contributed by atoms with Crippen molar-refractivity contribution >= 4 is 17.7 Å². The van der Waals surface area contributed by atoms with Crippen LogP contribution in [0.5, 0.6) is 5.75 Å². The molecule has 0 saturated heterocycles. The molecule has 2 heterocycles. The fourth-order valence-electron chi connectivity index (χ4n) is 3.41. The number of rotatable bonds is 7. The van der Waals surface area contributed by atoms with Gasteiger partial charge in [-0.25, -0.2) is 4.68 Å². The predicted octanol–water partition coefficient (Wildman–Crippen LogP) is 3.22. The summed E-state index contributed by atoms with van der Waals surface area (Å²) in [4.78, 5) is 12.3. The number of hydrogen-bond acceptors (Lipinski definition) is 5. The summed E-state index contributed by atoms with van der Waals surface area (Å²) in [5, 5.41) is 12.5. The number of thioether (sulfide) groups is 1. The number of carbonyl (C=O) groups is 1. The molecule has 28 heavy (non-hydrogen) atoms. The second-order valence-corrected chi connectivity index (χ2v) is 7.69. The average Bonchev–Trinajstić information content (AvgIpc) is 3.47. The van der Waals surface area contributed by atoms with E-state index in [9.17, 15) is 4.79 Å². The Morgan fingerprint density at radius 3 is 2.57 bits per heavy atom. The Labute approximate surface area is 168 Å². The summed E-state index contributed by atoms with van der Waals surface area (Å²) in [6, 6.07) is 11.9. The van der Waals surface area contributed by atoms with Gasteiger partial charge >= 0.3 is 0 Å². The first-order valence-electron chi connectivity index (χ1n) is 9.40. The van der Waals surface area contributed by atoms with Crippen LogP contribution < -0.4 is 10.1 Å². The van der Waals surface area contributed by atoms with E-state index in [0.29, 0.717) is 22.8 Å². The van der Waals surface area contributed by atoms with Gasteiger partial charge in [-0.2, -0.15) is 0 Å². The van der Waals surface area contributed by atoms with Crippen molar-refractivity contribution in [3.05, 3.63) is 48.8 Å². The number of hydrogen-bond donors (Lipinski definition) is 1. The van der Waals surface area contributed by atoms with Crippen LogP contribution in [0.1, 0.15) is 25.7 Å². The van der Waals surface area contributed by atoms with E-state index in [2.05, 4.69) is 15.5 Å². The highest BCUT2D eigenvalue weighted by Crippen LogP contribution is 2.26. The van der Waals surface area contributed by atoms with Gasteiger partial charge in [0.05, 0.1) is 12.9 Å². The summed E-state index contributed by atoms with van der Waals surface area (Å²) in [7, 11) is 1.64. The lowest BCUT2D eigenvalue weighted by Gasteiger charge is -2.13. The molecule has 0 bridgehead atoms. The third-order valence-corrected chi connectivity index (χ3v) is 5.75. The SMILES string of the molecule is COc1ccc(-c2nnc(SCC(=O)NC3CCCC3)n2-n2cccc2)cc1. The lowest BCUT2D eigenvalue weighted by Crippen LogP contribution is -2.33. The Morgan fingerprint density at radius 2 is 1.89 bits per heavy atom. The van der Waals surface area contributed by atoms with Crippen LogP contribution in [0.25, 0.3) is 11.4 Å². The van der Waals surface area contributed by atoms with Crippen LogP contribution in [-0.4, -0.2) is 44.4 Å². The van der Waals surface area contributed by atoms with E-state index in [1.54, 1.807) is 7.11 Å². The molecule has 7 nitrogen and oxygen atoms in total. The largest absolute Gasteiger partial charge is 0.497 e. The highest BCUT2D eigenvalue weighted by atomic mass is 32.2. The molecular formula is C20H23N5O2S. The summed E-state index contributed by atoms with van der Waals surface area (Å²) >= 11 is 1.39. The van der Waals surface area contributed by atoms with E-state index >= 15 is 0 Å². The molecule has 1 aromatic carbocycles. The quantitative estimate of drug-likeness (QED) is 0.620. The van der Waals surface area contributed by atoms with Crippen LogP contribution in [-0.2, 0) is 4.79 Å². The Kier molecular flexibility index (Phi) is 5.66. The molecule has 2 aromatic heterocycles. The molecule has 1 aliphatic rings. The number of methoxy groups -OCH3 is 1. The Morgan fingerprint density at radius 1 is 1.18 bits per heavy atom. The van der Waals surface area contributed by atoms with Crippen LogP contribution in [0.15, 0.2) is 53.9 Å². The van der Waals surface area contributed by atoms with E-state index in [0.717, 1.165) is 24.2 Å². The summed E-state index contributed by atoms with van der Waals surface area (Å²) in [6.07, 6.45) is 8.42. The topological polar surface area (TPSA) is 74.0 Å². The number of ether oxygens (including phenoxy) is 1. The highest BCUT2D eigenvalue weighted by molar-refractivity contribution is 7.99. The Balaban J connectivity index is 1.55. The first-order valence-corrected chi connectivity index (χ1v) is 10.4. The van der Waals surface area contributed by atoms with Gasteiger partial charge in [0.2, 0.25) is 11.1 Å². The molecule has 3 aromatic rings. The van der Waals surface area contributed by atoms with Gasteiger partial charge < -0.3 is 10.1 Å². The maximum atomic E-state index is 12.3. The van der Waals surface area contributed by atoms with Gasteiger partial charge in [0, 0.05) is 24.0 Å². The fraction of sp³-hybridized carbons (Fsp3) is 0.350. The molecule has 8 heteroatoms. The third kappa shape index (κ3) is 4.06. The number of nitrogens with one attached hydrogen (secondary N) is 1. The van der Waals surface area contributed by atoms with Gasteiger partial charge in [-0.05, 0) is 49.2 Å². The van der Waals surface area contributed by atoms with Gasteiger partial charge in [0.15, 0.2) is 5.82 Å². The molecule has 1 aliphatic carbocycles. The van der Waals surface area contributed by atoms with Crippen molar-refractivity contribution in [2.75, 3.05) is 12.9 Å². The first kappa shape index (κ1) is 18.6. The number of nitrogens with zero attached hydrogens (tertiary/aromatic N) is 4. The maximum Gasteiger partial charge on any atom is 0.230 e. The van der Waals surface area contributed by atoms with Gasteiger partial charge in [-0.3, -0.25) is 9.47 Å². The molecule has 0 atom stereocenters. The van der Waals surface area contributed by atoms with Crippen LogP contribution in [0.3, 0.4) is 0 Å². The highest BCUT2D eigenvalue weighted by Gasteiger charge is 2.20. The van der Waals surface area contributed by atoms with Crippen molar-refractivity contribution in [1.29, 1.82) is 0 Å². The first-order chi connectivity index (χ1) is 13.7. The van der Waals surface area contributed by atoms with Gasteiger partial charge in [0.1, 0.15) is 5.75 Å². The minimum atomic E-state index is 0.0463. The van der Waals surface area contributed by atoms with E-state index in [1.165, 1.54) is 24.6 Å². The Hall–Kier alpha value is -2.74. The minimum Gasteiger partial charge on any atom is -0.497 e. The van der Waals surface area contributed by atoms with Crippen molar-refractivity contribution in [1.82, 2.24) is 24.9 Å². The number of carbonyl (C=O) groups excluding carboxylic acids is 1. The number of benzene rings is 1. The molecule has 146 valence electrons. The fourth-order valence-corrected chi connectivity index (χ4v) is 4.16. The van der Waals surface area contributed by atoms with Gasteiger partial charge in [-0.15, -0.1) is 10.2 Å². The molecule has 1 N–H and O–H groups in total. The lowest BCUT2D eigenvalue weighted by atomic mass is 10.2. The summed E-state index contributed by atoms with van der Waals surface area (Å²) in [5.41, 5.74) is 0.921. The number of amides is 1. The Bertz CT molecular complexity index is 915. The van der Waals surface area contributed by atoms with E-state index in [-0.39, 0.29) is 5.91 Å². The zero-order valence-electron chi connectivity index (χ0n) is 15.7. The van der Waals surface area contributed by atoms with Crippen molar-refractivity contribution in [3.8, 4) is 17.1 Å². The maximum absolute atomic E-state index is 12.3. The monoisotopic (exact) mass is 397 g/mol. The smallest absolute Gasteiger partial charge is 0.230 e. The van der Waals surface area contributed by atoms with Gasteiger partial charge in [-0.1, -0.05) is 24.6 Å². The number of aromatic nitrogens is 4. The molecule has 1 fully saturated rings. The van der Waals surface area contributed by atoms with E-state index < -0.39 is 0 Å². The van der Waals surface area contributed by atoms with E-state index in [4.69, 9.17) is 4.74 Å².